The Balaban J connectivity index is 1.83. The largest absolute Gasteiger partial charge is 0.345 e. The smallest absolute Gasteiger partial charge is 0.251 e. The van der Waals surface area contributed by atoms with Crippen LogP contribution in [0.3, 0.4) is 0 Å². The number of amides is 1. The van der Waals surface area contributed by atoms with Gasteiger partial charge in [-0.3, -0.25) is 9.59 Å². The van der Waals surface area contributed by atoms with Crippen LogP contribution in [0.15, 0.2) is 57.1 Å². The topological polar surface area (TPSA) is 94.9 Å². The van der Waals surface area contributed by atoms with Gasteiger partial charge in [-0.15, -0.1) is 0 Å². The number of rotatable bonds is 7. The van der Waals surface area contributed by atoms with Crippen LogP contribution in [0.4, 0.5) is 5.69 Å². The first-order chi connectivity index (χ1) is 16.8. The molecule has 0 saturated carbocycles. The number of hydrogen-bond donors (Lipinski definition) is 2. The minimum Gasteiger partial charge on any atom is -0.345 e. The van der Waals surface area contributed by atoms with Gasteiger partial charge in [0.05, 0.1) is 22.3 Å². The fourth-order valence-electron chi connectivity index (χ4n) is 4.63. The number of nitrogens with one attached hydrogen (secondary N) is 2. The Labute approximate surface area is 205 Å². The van der Waals surface area contributed by atoms with E-state index < -0.39 is 0 Å². The number of aromatic nitrogens is 3. The van der Waals surface area contributed by atoms with Crippen LogP contribution in [0.1, 0.15) is 65.5 Å². The normalized spacial score (nSPS) is 15.9. The Bertz CT molecular complexity index is 1400. The van der Waals surface area contributed by atoms with E-state index in [1.807, 2.05) is 29.6 Å². The quantitative estimate of drug-likeness (QED) is 0.372. The zero-order valence-electron chi connectivity index (χ0n) is 21.2. The van der Waals surface area contributed by atoms with Gasteiger partial charge < -0.3 is 15.2 Å². The van der Waals surface area contributed by atoms with Crippen molar-refractivity contribution >= 4 is 34.4 Å². The highest BCUT2D eigenvalue weighted by molar-refractivity contribution is 6.03. The molecule has 0 unspecified atom stereocenters. The molecule has 8 nitrogen and oxygen atoms in total. The second-order valence-corrected chi connectivity index (χ2v) is 9.52. The van der Waals surface area contributed by atoms with Crippen molar-refractivity contribution in [3.63, 3.8) is 0 Å². The molecule has 184 valence electrons. The van der Waals surface area contributed by atoms with Crippen molar-refractivity contribution in [2.24, 2.45) is 4.99 Å². The van der Waals surface area contributed by atoms with E-state index in [9.17, 15) is 9.59 Å². The predicted molar refractivity (Wildman–Crippen MR) is 142 cm³/mol. The number of piperidine rings is 1. The van der Waals surface area contributed by atoms with Gasteiger partial charge in [-0.1, -0.05) is 18.6 Å². The van der Waals surface area contributed by atoms with Crippen LogP contribution in [0.5, 0.6) is 0 Å². The number of benzene rings is 1. The molecule has 1 aliphatic heterocycles. The number of aromatic amines is 1. The van der Waals surface area contributed by atoms with Crippen LogP contribution < -0.4 is 10.9 Å². The molecule has 0 bridgehead atoms. The van der Waals surface area contributed by atoms with Crippen LogP contribution in [0, 0.1) is 0 Å². The fourth-order valence-corrected chi connectivity index (χ4v) is 4.63. The van der Waals surface area contributed by atoms with Gasteiger partial charge >= 0.3 is 0 Å². The monoisotopic (exact) mass is 474 g/mol. The third-order valence-corrected chi connectivity index (χ3v) is 6.53. The van der Waals surface area contributed by atoms with Crippen molar-refractivity contribution in [3.05, 3.63) is 63.4 Å². The van der Waals surface area contributed by atoms with Gasteiger partial charge in [0.2, 0.25) is 6.41 Å². The Hall–Kier alpha value is -3.68. The first-order valence-electron chi connectivity index (χ1n) is 12.2. The first kappa shape index (κ1) is 24.4. The second kappa shape index (κ2) is 10.3. The lowest BCUT2D eigenvalue weighted by Gasteiger charge is -2.29. The second-order valence-electron chi connectivity index (χ2n) is 9.52. The van der Waals surface area contributed by atoms with E-state index in [4.69, 9.17) is 10.1 Å². The summed E-state index contributed by atoms with van der Waals surface area (Å²) in [6.45, 7) is 11.7. The van der Waals surface area contributed by atoms with Crippen molar-refractivity contribution in [1.82, 2.24) is 19.5 Å². The highest BCUT2D eigenvalue weighted by Gasteiger charge is 2.24. The van der Waals surface area contributed by atoms with Crippen LogP contribution in [0.2, 0.25) is 0 Å². The Morgan fingerprint density at radius 3 is 2.63 bits per heavy atom. The van der Waals surface area contributed by atoms with E-state index in [1.54, 1.807) is 11.0 Å². The summed E-state index contributed by atoms with van der Waals surface area (Å²) < 4.78 is 1.87. The van der Waals surface area contributed by atoms with E-state index in [2.05, 4.69) is 44.1 Å². The number of carbonyl (C=O) groups excluding carboxylic acids is 1. The van der Waals surface area contributed by atoms with Gasteiger partial charge in [0.25, 0.3) is 5.56 Å². The molecule has 0 spiro atoms. The molecule has 1 aromatic carbocycles. The molecule has 0 radical (unpaired) electrons. The van der Waals surface area contributed by atoms with Gasteiger partial charge in [0.15, 0.2) is 0 Å². The van der Waals surface area contributed by atoms with Gasteiger partial charge in [0, 0.05) is 30.8 Å². The molecule has 2 aromatic heterocycles. The first-order valence-corrected chi connectivity index (χ1v) is 12.2. The molecule has 1 amide bonds. The molecular weight excluding hydrogens is 440 g/mol. The maximum absolute atomic E-state index is 12.7. The Morgan fingerprint density at radius 1 is 1.23 bits per heavy atom. The highest BCUT2D eigenvalue weighted by Crippen LogP contribution is 2.32. The molecule has 35 heavy (non-hydrogen) atoms. The minimum atomic E-state index is -0.153. The average molecular weight is 475 g/mol. The molecule has 3 heterocycles. The van der Waals surface area contributed by atoms with Crippen molar-refractivity contribution in [2.75, 3.05) is 18.4 Å². The van der Waals surface area contributed by atoms with E-state index in [1.165, 1.54) is 5.57 Å². The molecule has 0 atom stereocenters. The Kier molecular flexibility index (Phi) is 7.19. The summed E-state index contributed by atoms with van der Waals surface area (Å²) in [5, 5.41) is 9.25. The number of H-pyrrole nitrogens is 1. The molecule has 0 aliphatic carbocycles. The van der Waals surface area contributed by atoms with Crippen molar-refractivity contribution < 1.29 is 4.79 Å². The lowest BCUT2D eigenvalue weighted by molar-refractivity contribution is -0.119. The molecule has 3 aromatic rings. The SMILES string of the molecule is CCC(C)=C(/N=C(/C)C=C(C)C)Nc1cccc2nn3c(C4CCN(C=O)CC4)cc(=O)[nH]c3c12. The molecule has 1 saturated heterocycles. The number of likely N-dealkylation sites (tertiary alicyclic amines) is 1. The number of fused-ring (bicyclic) bond motifs is 3. The number of hydrogen-bond acceptors (Lipinski definition) is 5. The van der Waals surface area contributed by atoms with Crippen molar-refractivity contribution in [1.29, 1.82) is 0 Å². The standard InChI is InChI=1S/C27H34N6O2/c1-6-18(4)26(28-19(5)14-17(2)3)29-21-8-7-9-22-25(21)27-30-24(35)15-23(33(27)31-22)20-10-12-32(16-34)13-11-20/h7-9,14-16,20,29H,6,10-13H2,1-5H3,(H,30,35)/b26-18?,28-19-. The van der Waals surface area contributed by atoms with Crippen molar-refractivity contribution in [3.8, 4) is 0 Å². The number of nitrogens with zero attached hydrogens (tertiary/aromatic N) is 4. The molecule has 1 fully saturated rings. The molecular formula is C27H34N6O2. The molecule has 4 rings (SSSR count). The average Bonchev–Trinajstić information content (AvgIpc) is 3.21. The number of allylic oxidation sites excluding steroid dienone is 3. The maximum atomic E-state index is 12.7. The Morgan fingerprint density at radius 2 is 1.97 bits per heavy atom. The van der Waals surface area contributed by atoms with Crippen LogP contribution >= 0.6 is 0 Å². The fraction of sp³-hybridized carbons (Fsp3) is 0.407. The molecule has 2 N–H and O–H groups in total. The summed E-state index contributed by atoms with van der Waals surface area (Å²) >= 11 is 0. The third-order valence-electron chi connectivity index (χ3n) is 6.53. The molecule has 1 aliphatic rings. The van der Waals surface area contributed by atoms with Crippen LogP contribution in [-0.2, 0) is 4.79 Å². The van der Waals surface area contributed by atoms with Gasteiger partial charge in [-0.25, -0.2) is 9.51 Å². The maximum Gasteiger partial charge on any atom is 0.251 e. The van der Waals surface area contributed by atoms with Crippen LogP contribution in [-0.4, -0.2) is 44.7 Å². The summed E-state index contributed by atoms with van der Waals surface area (Å²) in [4.78, 5) is 33.5. The zero-order chi connectivity index (χ0) is 25.1. The van der Waals surface area contributed by atoms with E-state index in [-0.39, 0.29) is 11.5 Å². The summed E-state index contributed by atoms with van der Waals surface area (Å²) in [5.41, 5.74) is 6.28. The lowest BCUT2D eigenvalue weighted by atomic mass is 9.93. The van der Waals surface area contributed by atoms with E-state index >= 15 is 0 Å². The number of carbonyl (C=O) groups is 1. The van der Waals surface area contributed by atoms with Crippen LogP contribution in [0.25, 0.3) is 16.6 Å². The highest BCUT2D eigenvalue weighted by atomic mass is 16.1. The van der Waals surface area contributed by atoms with Crippen molar-refractivity contribution in [2.45, 2.75) is 59.8 Å². The van der Waals surface area contributed by atoms with Gasteiger partial charge in [0.1, 0.15) is 11.5 Å². The predicted octanol–water partition coefficient (Wildman–Crippen LogP) is 4.99. The molecule has 8 heteroatoms. The zero-order valence-corrected chi connectivity index (χ0v) is 21.2. The van der Waals surface area contributed by atoms with E-state index in [0.717, 1.165) is 65.1 Å². The lowest BCUT2D eigenvalue weighted by Crippen LogP contribution is -2.32. The van der Waals surface area contributed by atoms with Gasteiger partial charge in [-0.05, 0) is 70.7 Å². The van der Waals surface area contributed by atoms with E-state index in [0.29, 0.717) is 18.7 Å². The third kappa shape index (κ3) is 5.21. The number of aliphatic imine (C=N–C) groups is 1. The summed E-state index contributed by atoms with van der Waals surface area (Å²) in [6, 6.07) is 7.56. The minimum absolute atomic E-state index is 0.153. The number of anilines is 1. The summed E-state index contributed by atoms with van der Waals surface area (Å²) in [6.07, 6.45) is 5.42. The summed E-state index contributed by atoms with van der Waals surface area (Å²) in [5.74, 6) is 0.963. The summed E-state index contributed by atoms with van der Waals surface area (Å²) in [7, 11) is 0. The van der Waals surface area contributed by atoms with Gasteiger partial charge in [-0.2, -0.15) is 5.10 Å².